The van der Waals surface area contributed by atoms with Crippen LogP contribution in [0.25, 0.3) is 0 Å². The Balaban J connectivity index is 2.04. The van der Waals surface area contributed by atoms with E-state index in [4.69, 9.17) is 0 Å². The summed E-state index contributed by atoms with van der Waals surface area (Å²) in [7, 11) is 1.85. The molecule has 0 spiro atoms. The molecule has 1 N–H and O–H groups in total. The molecule has 20 heavy (non-hydrogen) atoms. The molecular formula is C17H18N2O. The van der Waals surface area contributed by atoms with Crippen LogP contribution in [0.2, 0.25) is 0 Å². The lowest BCUT2D eigenvalue weighted by molar-refractivity contribution is -0.120. The Labute approximate surface area is 119 Å². The highest BCUT2D eigenvalue weighted by molar-refractivity contribution is 5.97. The van der Waals surface area contributed by atoms with Crippen molar-refractivity contribution in [1.29, 1.82) is 0 Å². The average molecular weight is 266 g/mol. The van der Waals surface area contributed by atoms with E-state index in [0.717, 1.165) is 12.1 Å². The van der Waals surface area contributed by atoms with Gasteiger partial charge in [0.15, 0.2) is 0 Å². The van der Waals surface area contributed by atoms with Crippen LogP contribution in [0.5, 0.6) is 0 Å². The van der Waals surface area contributed by atoms with Gasteiger partial charge in [-0.05, 0) is 36.7 Å². The highest BCUT2D eigenvalue weighted by Crippen LogP contribution is 2.24. The maximum atomic E-state index is 12.7. The van der Waals surface area contributed by atoms with Gasteiger partial charge >= 0.3 is 0 Å². The van der Waals surface area contributed by atoms with Crippen LogP contribution in [0.3, 0.4) is 0 Å². The van der Waals surface area contributed by atoms with E-state index in [1.54, 1.807) is 0 Å². The minimum atomic E-state index is -0.168. The van der Waals surface area contributed by atoms with E-state index in [1.165, 1.54) is 11.1 Å². The number of carbonyl (C=O) groups is 1. The Kier molecular flexibility index (Phi) is 3.52. The molecule has 0 saturated heterocycles. The number of amides is 1. The zero-order valence-corrected chi connectivity index (χ0v) is 11.5. The summed E-state index contributed by atoms with van der Waals surface area (Å²) in [6.07, 6.45) is 0.745. The molecule has 1 heterocycles. The molecule has 0 bridgehead atoms. The Bertz CT molecular complexity index is 609. The lowest BCUT2D eigenvalue weighted by Crippen LogP contribution is -2.44. The van der Waals surface area contributed by atoms with Crippen LogP contribution < -0.4 is 10.2 Å². The number of nitrogens with one attached hydrogen (secondary N) is 1. The van der Waals surface area contributed by atoms with Gasteiger partial charge in [0.2, 0.25) is 5.91 Å². The lowest BCUT2D eigenvalue weighted by atomic mass is 10.0. The monoisotopic (exact) mass is 266 g/mol. The van der Waals surface area contributed by atoms with Gasteiger partial charge in [0.05, 0.1) is 12.6 Å². The minimum Gasteiger partial charge on any atom is -0.309 e. The summed E-state index contributed by atoms with van der Waals surface area (Å²) in [5.74, 6) is 0.134. The second-order valence-corrected chi connectivity index (χ2v) is 5.07. The third kappa shape index (κ3) is 2.32. The van der Waals surface area contributed by atoms with Crippen molar-refractivity contribution in [2.24, 2.45) is 0 Å². The predicted molar refractivity (Wildman–Crippen MR) is 80.6 cm³/mol. The Morgan fingerprint density at radius 3 is 2.35 bits per heavy atom. The third-order valence-electron chi connectivity index (χ3n) is 3.85. The number of rotatable bonds is 2. The van der Waals surface area contributed by atoms with Crippen molar-refractivity contribution >= 4 is 11.6 Å². The molecule has 3 nitrogen and oxygen atoms in total. The molecule has 2 aromatic rings. The second kappa shape index (κ2) is 5.47. The largest absolute Gasteiger partial charge is 0.309 e. The highest BCUT2D eigenvalue weighted by Gasteiger charge is 2.29. The molecule has 2 aromatic carbocycles. The molecular weight excluding hydrogens is 248 g/mol. The molecule has 3 heteroatoms. The van der Waals surface area contributed by atoms with E-state index in [1.807, 2.05) is 54.4 Å². The molecule has 0 aromatic heterocycles. The van der Waals surface area contributed by atoms with Crippen LogP contribution >= 0.6 is 0 Å². The molecule has 1 amide bonds. The first-order valence-corrected chi connectivity index (χ1v) is 6.90. The number of fused-ring (bicyclic) bond motifs is 1. The molecule has 0 radical (unpaired) electrons. The smallest absolute Gasteiger partial charge is 0.244 e. The molecule has 1 unspecified atom stereocenters. The van der Waals surface area contributed by atoms with Gasteiger partial charge in [0.25, 0.3) is 0 Å². The van der Waals surface area contributed by atoms with Gasteiger partial charge < -0.3 is 10.2 Å². The summed E-state index contributed by atoms with van der Waals surface area (Å²) in [4.78, 5) is 14.6. The number of hydrogen-bond donors (Lipinski definition) is 1. The van der Waals surface area contributed by atoms with Gasteiger partial charge in [0.1, 0.15) is 0 Å². The first kappa shape index (κ1) is 12.9. The number of anilines is 1. The molecule has 3 rings (SSSR count). The molecule has 1 aliphatic heterocycles. The zero-order chi connectivity index (χ0) is 13.9. The van der Waals surface area contributed by atoms with Crippen LogP contribution in [0.15, 0.2) is 54.6 Å². The Morgan fingerprint density at radius 2 is 1.65 bits per heavy atom. The van der Waals surface area contributed by atoms with Crippen molar-refractivity contribution in [3.63, 3.8) is 0 Å². The van der Waals surface area contributed by atoms with E-state index >= 15 is 0 Å². The summed E-state index contributed by atoms with van der Waals surface area (Å²) in [5, 5.41) is 3.14. The van der Waals surface area contributed by atoms with Crippen LogP contribution in [0, 0.1) is 0 Å². The van der Waals surface area contributed by atoms with E-state index in [9.17, 15) is 4.79 Å². The van der Waals surface area contributed by atoms with Crippen molar-refractivity contribution in [2.45, 2.75) is 19.0 Å². The fourth-order valence-electron chi connectivity index (χ4n) is 2.71. The number of benzene rings is 2. The standard InChI is InChI=1S/C17H18N2O/c1-18-16-11-13-7-5-6-8-14(13)12-19(17(16)20)15-9-3-2-4-10-15/h2-10,16,18H,11-12H2,1H3. The van der Waals surface area contributed by atoms with Crippen LogP contribution in [0.1, 0.15) is 11.1 Å². The fourth-order valence-corrected chi connectivity index (χ4v) is 2.71. The summed E-state index contributed by atoms with van der Waals surface area (Å²) >= 11 is 0. The van der Waals surface area contributed by atoms with E-state index < -0.39 is 0 Å². The summed E-state index contributed by atoms with van der Waals surface area (Å²) in [6.45, 7) is 0.636. The van der Waals surface area contributed by atoms with Crippen molar-refractivity contribution in [1.82, 2.24) is 5.32 Å². The molecule has 0 fully saturated rings. The lowest BCUT2D eigenvalue weighted by Gasteiger charge is -2.24. The minimum absolute atomic E-state index is 0.134. The fraction of sp³-hybridized carbons (Fsp3) is 0.235. The zero-order valence-electron chi connectivity index (χ0n) is 11.5. The van der Waals surface area contributed by atoms with E-state index in [2.05, 4.69) is 17.4 Å². The maximum absolute atomic E-state index is 12.7. The average Bonchev–Trinajstić information content (AvgIpc) is 2.65. The van der Waals surface area contributed by atoms with Crippen LogP contribution in [-0.4, -0.2) is 19.0 Å². The second-order valence-electron chi connectivity index (χ2n) is 5.07. The third-order valence-corrected chi connectivity index (χ3v) is 3.85. The number of hydrogen-bond acceptors (Lipinski definition) is 2. The number of para-hydroxylation sites is 1. The van der Waals surface area contributed by atoms with Crippen molar-refractivity contribution in [3.05, 3.63) is 65.7 Å². The van der Waals surface area contributed by atoms with Gasteiger partial charge in [0, 0.05) is 5.69 Å². The van der Waals surface area contributed by atoms with Gasteiger partial charge in [-0.15, -0.1) is 0 Å². The van der Waals surface area contributed by atoms with Gasteiger partial charge in [-0.2, -0.15) is 0 Å². The van der Waals surface area contributed by atoms with E-state index in [-0.39, 0.29) is 11.9 Å². The van der Waals surface area contributed by atoms with Gasteiger partial charge in [-0.1, -0.05) is 42.5 Å². The number of likely N-dealkylation sites (N-methyl/N-ethyl adjacent to an activating group) is 1. The Morgan fingerprint density at radius 1 is 1.00 bits per heavy atom. The summed E-state index contributed by atoms with van der Waals surface area (Å²) in [5.41, 5.74) is 3.43. The van der Waals surface area contributed by atoms with Crippen molar-refractivity contribution in [3.8, 4) is 0 Å². The molecule has 0 aliphatic carbocycles. The van der Waals surface area contributed by atoms with Gasteiger partial charge in [-0.3, -0.25) is 4.79 Å². The topological polar surface area (TPSA) is 32.3 Å². The first-order valence-electron chi connectivity index (χ1n) is 6.90. The van der Waals surface area contributed by atoms with Crippen LogP contribution in [0.4, 0.5) is 5.69 Å². The quantitative estimate of drug-likeness (QED) is 0.905. The molecule has 0 saturated carbocycles. The highest BCUT2D eigenvalue weighted by atomic mass is 16.2. The normalized spacial score (nSPS) is 18.6. The maximum Gasteiger partial charge on any atom is 0.244 e. The SMILES string of the molecule is CNC1Cc2ccccc2CN(c2ccccc2)C1=O. The molecule has 1 atom stereocenters. The van der Waals surface area contributed by atoms with E-state index in [0.29, 0.717) is 6.54 Å². The summed E-state index contributed by atoms with van der Waals surface area (Å²) in [6, 6.07) is 18.0. The van der Waals surface area contributed by atoms with Crippen LogP contribution in [-0.2, 0) is 17.8 Å². The van der Waals surface area contributed by atoms with Gasteiger partial charge in [-0.25, -0.2) is 0 Å². The number of nitrogens with zero attached hydrogens (tertiary/aromatic N) is 1. The summed E-state index contributed by atoms with van der Waals surface area (Å²) < 4.78 is 0. The molecule has 1 aliphatic rings. The number of carbonyl (C=O) groups excluding carboxylic acids is 1. The van der Waals surface area contributed by atoms with Crippen molar-refractivity contribution < 1.29 is 4.79 Å². The molecule has 102 valence electrons. The van der Waals surface area contributed by atoms with Crippen molar-refractivity contribution in [2.75, 3.05) is 11.9 Å². The first-order chi connectivity index (χ1) is 9.79. The predicted octanol–water partition coefficient (Wildman–Crippen LogP) is 2.36. The Hall–Kier alpha value is -2.13.